The van der Waals surface area contributed by atoms with E-state index in [2.05, 4.69) is 15.5 Å². The third-order valence-electron chi connectivity index (χ3n) is 4.79. The predicted molar refractivity (Wildman–Crippen MR) is 104 cm³/mol. The number of carbonyl (C=O) groups excluding carboxylic acids is 1. The van der Waals surface area contributed by atoms with E-state index in [0.29, 0.717) is 42.0 Å². The molecule has 0 spiro atoms. The monoisotopic (exact) mass is 439 g/mol. The summed E-state index contributed by atoms with van der Waals surface area (Å²) >= 11 is 1.17. The Morgan fingerprint density at radius 2 is 2.14 bits per heavy atom. The Kier molecular flexibility index (Phi) is 5.68. The maximum Gasteiger partial charge on any atom is 0.277 e. The molecule has 2 aliphatic heterocycles. The third-order valence-corrected chi connectivity index (χ3v) is 7.56. The minimum atomic E-state index is -2.93. The lowest BCUT2D eigenvalue weighted by Crippen LogP contribution is -2.30. The van der Waals surface area contributed by atoms with Gasteiger partial charge < -0.3 is 19.2 Å². The van der Waals surface area contributed by atoms with Gasteiger partial charge in [-0.1, -0.05) is 17.8 Å². The van der Waals surface area contributed by atoms with Gasteiger partial charge in [0, 0.05) is 13.0 Å². The molecule has 1 fully saturated rings. The van der Waals surface area contributed by atoms with Crippen molar-refractivity contribution in [1.29, 1.82) is 0 Å². The van der Waals surface area contributed by atoms with Crippen LogP contribution in [0.4, 0.5) is 0 Å². The highest BCUT2D eigenvalue weighted by Gasteiger charge is 2.29. The predicted octanol–water partition coefficient (Wildman–Crippen LogP) is 1.57. The lowest BCUT2D eigenvalue weighted by Gasteiger charge is -2.10. The summed E-state index contributed by atoms with van der Waals surface area (Å²) in [6.45, 7) is 2.33. The highest BCUT2D eigenvalue weighted by Crippen LogP contribution is 2.32. The Balaban J connectivity index is 1.26. The van der Waals surface area contributed by atoms with E-state index in [0.717, 1.165) is 5.56 Å². The minimum Gasteiger partial charge on any atom is -0.454 e. The molecule has 1 N–H and O–H groups in total. The smallest absolute Gasteiger partial charge is 0.277 e. The summed E-state index contributed by atoms with van der Waals surface area (Å²) in [5.41, 5.74) is 0.909. The van der Waals surface area contributed by atoms with E-state index in [1.54, 1.807) is 6.92 Å². The van der Waals surface area contributed by atoms with Crippen LogP contribution in [0.5, 0.6) is 11.5 Å². The van der Waals surface area contributed by atoms with Crippen molar-refractivity contribution in [3.63, 3.8) is 0 Å². The number of fused-ring (bicyclic) bond motifs is 1. The summed E-state index contributed by atoms with van der Waals surface area (Å²) < 4.78 is 39.3. The number of carbonyl (C=O) groups is 1. The molecule has 2 atom stereocenters. The molecular formula is C18H21N3O6S2. The number of sulfone groups is 1. The highest BCUT2D eigenvalue weighted by atomic mass is 32.2. The molecule has 0 saturated carbocycles. The average molecular weight is 440 g/mol. The minimum absolute atomic E-state index is 0.0146. The van der Waals surface area contributed by atoms with Crippen molar-refractivity contribution in [2.45, 2.75) is 36.8 Å². The lowest BCUT2D eigenvalue weighted by molar-refractivity contribution is -0.120. The van der Waals surface area contributed by atoms with E-state index in [1.165, 1.54) is 11.8 Å². The first-order valence-corrected chi connectivity index (χ1v) is 11.9. The molecule has 0 unspecified atom stereocenters. The van der Waals surface area contributed by atoms with Crippen molar-refractivity contribution in [2.75, 3.05) is 18.3 Å². The largest absolute Gasteiger partial charge is 0.454 e. The highest BCUT2D eigenvalue weighted by molar-refractivity contribution is 8.00. The van der Waals surface area contributed by atoms with Gasteiger partial charge in [-0.2, -0.15) is 0 Å². The fourth-order valence-electron chi connectivity index (χ4n) is 3.24. The van der Waals surface area contributed by atoms with Crippen LogP contribution >= 0.6 is 11.8 Å². The SMILES string of the molecule is C[C@@H](Sc1nnc(C[C@@H]2CCS(=O)(=O)C2)o1)C(=O)NCc1ccc2c(c1)OCO2. The molecule has 1 saturated heterocycles. The third kappa shape index (κ3) is 5.02. The summed E-state index contributed by atoms with van der Waals surface area (Å²) in [6, 6.07) is 5.53. The summed E-state index contributed by atoms with van der Waals surface area (Å²) in [6.07, 6.45) is 1.06. The van der Waals surface area contributed by atoms with Crippen LogP contribution in [0.3, 0.4) is 0 Å². The molecule has 0 radical (unpaired) electrons. The Morgan fingerprint density at radius 1 is 1.31 bits per heavy atom. The second-order valence-electron chi connectivity index (χ2n) is 7.10. The number of rotatable bonds is 7. The Bertz CT molecular complexity index is 1010. The molecule has 156 valence electrons. The first-order valence-electron chi connectivity index (χ1n) is 9.24. The molecule has 2 aliphatic rings. The maximum atomic E-state index is 12.4. The van der Waals surface area contributed by atoms with Crippen LogP contribution in [-0.4, -0.2) is 48.1 Å². The van der Waals surface area contributed by atoms with E-state index in [9.17, 15) is 13.2 Å². The van der Waals surface area contributed by atoms with Crippen molar-refractivity contribution < 1.29 is 27.1 Å². The van der Waals surface area contributed by atoms with E-state index >= 15 is 0 Å². The average Bonchev–Trinajstić information content (AvgIpc) is 3.39. The zero-order valence-electron chi connectivity index (χ0n) is 15.8. The van der Waals surface area contributed by atoms with Crippen LogP contribution in [0.1, 0.15) is 24.8 Å². The van der Waals surface area contributed by atoms with Gasteiger partial charge in [-0.15, -0.1) is 10.2 Å². The zero-order valence-corrected chi connectivity index (χ0v) is 17.4. The molecule has 3 heterocycles. The first kappa shape index (κ1) is 20.0. The standard InChI is InChI=1S/C18H21N3O6S2/c1-11(17(22)19-8-12-2-3-14-15(6-12)26-10-25-14)28-18-21-20-16(27-18)7-13-4-5-29(23,24)9-13/h2-3,6,11,13H,4-5,7-10H2,1H3,(H,19,22)/t11-,13+/m1/s1. The van der Waals surface area contributed by atoms with Gasteiger partial charge in [0.1, 0.15) is 0 Å². The number of amides is 1. The number of nitrogens with one attached hydrogen (secondary N) is 1. The molecule has 0 bridgehead atoms. The number of aromatic nitrogens is 2. The van der Waals surface area contributed by atoms with Gasteiger partial charge in [0.25, 0.3) is 5.22 Å². The second-order valence-corrected chi connectivity index (χ2v) is 10.6. The maximum absolute atomic E-state index is 12.4. The topological polar surface area (TPSA) is 121 Å². The van der Waals surface area contributed by atoms with Gasteiger partial charge >= 0.3 is 0 Å². The number of hydrogen-bond acceptors (Lipinski definition) is 9. The summed E-state index contributed by atoms with van der Waals surface area (Å²) in [5.74, 6) is 2.02. The fraction of sp³-hybridized carbons (Fsp3) is 0.500. The van der Waals surface area contributed by atoms with E-state index in [-0.39, 0.29) is 30.1 Å². The molecule has 9 nitrogen and oxygen atoms in total. The molecule has 11 heteroatoms. The van der Waals surface area contributed by atoms with E-state index in [1.807, 2.05) is 18.2 Å². The van der Waals surface area contributed by atoms with Crippen LogP contribution < -0.4 is 14.8 Å². The molecule has 1 aromatic heterocycles. The van der Waals surface area contributed by atoms with Gasteiger partial charge in [-0.3, -0.25) is 4.79 Å². The summed E-state index contributed by atoms with van der Waals surface area (Å²) in [4.78, 5) is 12.4. The van der Waals surface area contributed by atoms with E-state index < -0.39 is 15.1 Å². The first-order chi connectivity index (χ1) is 13.9. The molecular weight excluding hydrogens is 418 g/mol. The van der Waals surface area contributed by atoms with Crippen LogP contribution in [0.2, 0.25) is 0 Å². The number of thioether (sulfide) groups is 1. The van der Waals surface area contributed by atoms with Gasteiger partial charge in [0.05, 0.1) is 16.8 Å². The summed E-state index contributed by atoms with van der Waals surface area (Å²) in [7, 11) is -2.93. The number of benzene rings is 1. The van der Waals surface area contributed by atoms with Crippen molar-refractivity contribution in [1.82, 2.24) is 15.5 Å². The van der Waals surface area contributed by atoms with Crippen LogP contribution in [0.15, 0.2) is 27.8 Å². The number of nitrogens with zero attached hydrogens (tertiary/aromatic N) is 2. The van der Waals surface area contributed by atoms with Gasteiger partial charge in [-0.25, -0.2) is 8.42 Å². The van der Waals surface area contributed by atoms with Crippen LogP contribution in [0.25, 0.3) is 0 Å². The van der Waals surface area contributed by atoms with Gasteiger partial charge in [0.15, 0.2) is 21.3 Å². The Labute approximate surface area is 172 Å². The van der Waals surface area contributed by atoms with E-state index in [4.69, 9.17) is 13.9 Å². The van der Waals surface area contributed by atoms with Crippen molar-refractivity contribution in [2.24, 2.45) is 5.92 Å². The summed E-state index contributed by atoms with van der Waals surface area (Å²) in [5, 5.41) is 10.7. The molecule has 29 heavy (non-hydrogen) atoms. The van der Waals surface area contributed by atoms with Crippen LogP contribution in [0, 0.1) is 5.92 Å². The fourth-order valence-corrected chi connectivity index (χ4v) is 5.82. The van der Waals surface area contributed by atoms with Gasteiger partial charge in [0.2, 0.25) is 18.6 Å². The molecule has 0 aliphatic carbocycles. The molecule has 1 aromatic carbocycles. The Hall–Kier alpha value is -2.27. The lowest BCUT2D eigenvalue weighted by atomic mass is 10.1. The van der Waals surface area contributed by atoms with Crippen molar-refractivity contribution in [3.05, 3.63) is 29.7 Å². The quantitative estimate of drug-likeness (QED) is 0.641. The van der Waals surface area contributed by atoms with Gasteiger partial charge in [-0.05, 0) is 37.0 Å². The van der Waals surface area contributed by atoms with Crippen LogP contribution in [-0.2, 0) is 27.6 Å². The van der Waals surface area contributed by atoms with Crippen molar-refractivity contribution >= 4 is 27.5 Å². The molecule has 2 aromatic rings. The molecule has 4 rings (SSSR count). The molecule has 1 amide bonds. The number of hydrogen-bond donors (Lipinski definition) is 1. The zero-order chi connectivity index (χ0) is 20.4. The normalized spacial score (nSPS) is 20.5. The second kappa shape index (κ2) is 8.23. The Morgan fingerprint density at radius 3 is 2.93 bits per heavy atom. The van der Waals surface area contributed by atoms with Crippen molar-refractivity contribution in [3.8, 4) is 11.5 Å². The number of ether oxygens (including phenoxy) is 2.